The molecule has 4 unspecified atom stereocenters. The van der Waals surface area contributed by atoms with Crippen LogP contribution < -0.4 is 21.7 Å². The number of aliphatic hydroxyl groups is 1. The number of rotatable bonds is 13. The molecule has 4 atom stereocenters. The number of amides is 3. The Hall–Kier alpha value is -2.73. The second-order valence-electron chi connectivity index (χ2n) is 7.04. The Morgan fingerprint density at radius 3 is 1.86 bits per heavy atom. The summed E-state index contributed by atoms with van der Waals surface area (Å²) in [6.45, 7) is 4.26. The number of carbonyl (C=O) groups is 5. The minimum Gasteiger partial charge on any atom is -0.481 e. The lowest BCUT2D eigenvalue weighted by atomic mass is 10.0. The average Bonchev–Trinajstić information content (AvgIpc) is 2.61. The summed E-state index contributed by atoms with van der Waals surface area (Å²) >= 11 is 0. The van der Waals surface area contributed by atoms with Crippen LogP contribution in [0.4, 0.5) is 0 Å². The topological polar surface area (TPSA) is 208 Å². The molecule has 0 aliphatic rings. The Kier molecular flexibility index (Phi) is 11.5. The Balaban J connectivity index is 4.80. The summed E-state index contributed by atoms with van der Waals surface area (Å²) in [5.74, 6) is -4.86. The van der Waals surface area contributed by atoms with Gasteiger partial charge in [0.05, 0.1) is 12.6 Å². The molecular formula is C17H30N4O8. The second kappa shape index (κ2) is 12.7. The molecule has 0 heterocycles. The van der Waals surface area contributed by atoms with Gasteiger partial charge in [-0.1, -0.05) is 13.8 Å². The molecule has 0 aliphatic carbocycles. The highest BCUT2D eigenvalue weighted by Crippen LogP contribution is 2.03. The number of carboxylic acids is 2. The molecule has 0 saturated carbocycles. The van der Waals surface area contributed by atoms with Gasteiger partial charge in [-0.3, -0.25) is 19.2 Å². The average molecular weight is 418 g/mol. The van der Waals surface area contributed by atoms with Gasteiger partial charge < -0.3 is 37.0 Å². The molecule has 0 aromatic heterocycles. The van der Waals surface area contributed by atoms with Crippen LogP contribution in [-0.2, 0) is 24.0 Å². The van der Waals surface area contributed by atoms with Crippen LogP contribution in [0.2, 0.25) is 0 Å². The summed E-state index contributed by atoms with van der Waals surface area (Å²) in [6, 6.07) is -4.87. The Morgan fingerprint density at radius 1 is 0.862 bits per heavy atom. The first-order chi connectivity index (χ1) is 13.4. The molecule has 12 nitrogen and oxygen atoms in total. The van der Waals surface area contributed by atoms with Crippen molar-refractivity contribution < 1.29 is 39.3 Å². The normalized spacial score (nSPS) is 15.0. The van der Waals surface area contributed by atoms with Gasteiger partial charge in [0.2, 0.25) is 17.7 Å². The van der Waals surface area contributed by atoms with E-state index in [1.807, 2.05) is 13.8 Å². The fourth-order valence-electron chi connectivity index (χ4n) is 2.29. The molecule has 0 rings (SSSR count). The highest BCUT2D eigenvalue weighted by atomic mass is 16.4. The maximum absolute atomic E-state index is 12.2. The van der Waals surface area contributed by atoms with Gasteiger partial charge in [-0.15, -0.1) is 0 Å². The highest BCUT2D eigenvalue weighted by Gasteiger charge is 2.28. The van der Waals surface area contributed by atoms with Crippen LogP contribution in [-0.4, -0.2) is 75.8 Å². The summed E-state index contributed by atoms with van der Waals surface area (Å²) in [7, 11) is 0. The Labute approximate surface area is 168 Å². The van der Waals surface area contributed by atoms with E-state index in [1.54, 1.807) is 0 Å². The minimum atomic E-state index is -1.44. The molecule has 0 radical (unpaired) electrons. The first-order valence-corrected chi connectivity index (χ1v) is 9.11. The lowest BCUT2D eigenvalue weighted by Gasteiger charge is -2.22. The standard InChI is InChI=1S/C17H30N4O8/c1-8(2)6-10(18)15(26)21-12(7-22)16(27)19-9(3)14(25)20-11(17(28)29)4-5-13(23)24/h8-12,22H,4-7,18H2,1-3H3,(H,19,27)(H,20,25)(H,21,26)(H,23,24)(H,28,29). The molecule has 0 spiro atoms. The van der Waals surface area contributed by atoms with Crippen molar-refractivity contribution in [3.05, 3.63) is 0 Å². The van der Waals surface area contributed by atoms with Crippen LogP contribution in [0.15, 0.2) is 0 Å². The monoisotopic (exact) mass is 418 g/mol. The van der Waals surface area contributed by atoms with E-state index in [9.17, 15) is 29.1 Å². The van der Waals surface area contributed by atoms with Gasteiger partial charge in [0, 0.05) is 6.42 Å². The summed E-state index contributed by atoms with van der Waals surface area (Å²) in [5, 5.41) is 33.7. The molecule has 8 N–H and O–H groups in total. The Bertz CT molecular complexity index is 610. The van der Waals surface area contributed by atoms with E-state index in [0.717, 1.165) is 0 Å². The molecule has 0 aromatic rings. The van der Waals surface area contributed by atoms with Crippen LogP contribution in [0.1, 0.15) is 40.0 Å². The molecule has 29 heavy (non-hydrogen) atoms. The van der Waals surface area contributed by atoms with Crippen molar-refractivity contribution in [2.24, 2.45) is 11.7 Å². The predicted octanol–water partition coefficient (Wildman–Crippen LogP) is -2.22. The number of nitrogens with two attached hydrogens (primary N) is 1. The summed E-state index contributed by atoms with van der Waals surface area (Å²) in [5.41, 5.74) is 5.72. The van der Waals surface area contributed by atoms with Crippen LogP contribution in [0.3, 0.4) is 0 Å². The highest BCUT2D eigenvalue weighted by molar-refractivity contribution is 5.94. The number of hydrogen-bond donors (Lipinski definition) is 7. The number of carboxylic acid groups (broad SMARTS) is 2. The zero-order valence-corrected chi connectivity index (χ0v) is 16.7. The summed E-state index contributed by atoms with van der Waals surface area (Å²) < 4.78 is 0. The van der Waals surface area contributed by atoms with E-state index >= 15 is 0 Å². The van der Waals surface area contributed by atoms with E-state index in [0.29, 0.717) is 6.42 Å². The van der Waals surface area contributed by atoms with Crippen LogP contribution in [0, 0.1) is 5.92 Å². The van der Waals surface area contributed by atoms with Gasteiger partial charge in [0.15, 0.2) is 0 Å². The Morgan fingerprint density at radius 2 is 1.41 bits per heavy atom. The zero-order chi connectivity index (χ0) is 22.7. The van der Waals surface area contributed by atoms with Crippen molar-refractivity contribution in [1.82, 2.24) is 16.0 Å². The molecule has 0 saturated heterocycles. The number of carbonyl (C=O) groups excluding carboxylic acids is 3. The quantitative estimate of drug-likeness (QED) is 0.172. The lowest BCUT2D eigenvalue weighted by Crippen LogP contribution is -2.57. The van der Waals surface area contributed by atoms with Gasteiger partial charge in [0.25, 0.3) is 0 Å². The van der Waals surface area contributed by atoms with E-state index in [4.69, 9.17) is 15.9 Å². The number of aliphatic hydroxyl groups excluding tert-OH is 1. The van der Waals surface area contributed by atoms with Crippen molar-refractivity contribution in [1.29, 1.82) is 0 Å². The molecule has 166 valence electrons. The first kappa shape index (κ1) is 26.3. The molecule has 0 aromatic carbocycles. The third-order valence-electron chi connectivity index (χ3n) is 3.89. The van der Waals surface area contributed by atoms with Crippen molar-refractivity contribution in [2.45, 2.75) is 64.2 Å². The van der Waals surface area contributed by atoms with Crippen molar-refractivity contribution >= 4 is 29.7 Å². The van der Waals surface area contributed by atoms with Gasteiger partial charge in [-0.25, -0.2) is 4.79 Å². The third-order valence-corrected chi connectivity index (χ3v) is 3.89. The summed E-state index contributed by atoms with van der Waals surface area (Å²) in [6.07, 6.45) is -0.426. The van der Waals surface area contributed by atoms with E-state index in [1.165, 1.54) is 6.92 Å². The number of nitrogens with one attached hydrogen (secondary N) is 3. The van der Waals surface area contributed by atoms with E-state index in [2.05, 4.69) is 16.0 Å². The van der Waals surface area contributed by atoms with Crippen LogP contribution in [0.5, 0.6) is 0 Å². The van der Waals surface area contributed by atoms with E-state index < -0.39 is 66.9 Å². The maximum Gasteiger partial charge on any atom is 0.326 e. The fraction of sp³-hybridized carbons (Fsp3) is 0.706. The molecule has 3 amide bonds. The number of hydrogen-bond acceptors (Lipinski definition) is 7. The lowest BCUT2D eigenvalue weighted by molar-refractivity contribution is -0.143. The van der Waals surface area contributed by atoms with Crippen molar-refractivity contribution in [2.75, 3.05) is 6.61 Å². The third kappa shape index (κ3) is 10.4. The summed E-state index contributed by atoms with van der Waals surface area (Å²) in [4.78, 5) is 58.0. The SMILES string of the molecule is CC(C)CC(N)C(=O)NC(CO)C(=O)NC(C)C(=O)NC(CCC(=O)O)C(=O)O. The van der Waals surface area contributed by atoms with Crippen LogP contribution >= 0.6 is 0 Å². The fourth-order valence-corrected chi connectivity index (χ4v) is 2.29. The molecule has 0 bridgehead atoms. The zero-order valence-electron chi connectivity index (χ0n) is 16.7. The molecule has 0 fully saturated rings. The predicted molar refractivity (Wildman–Crippen MR) is 100 cm³/mol. The van der Waals surface area contributed by atoms with Crippen molar-refractivity contribution in [3.8, 4) is 0 Å². The molecule has 0 aliphatic heterocycles. The minimum absolute atomic E-state index is 0.143. The van der Waals surface area contributed by atoms with Crippen molar-refractivity contribution in [3.63, 3.8) is 0 Å². The van der Waals surface area contributed by atoms with Gasteiger partial charge in [-0.05, 0) is 25.7 Å². The number of aliphatic carboxylic acids is 2. The smallest absolute Gasteiger partial charge is 0.326 e. The second-order valence-corrected chi connectivity index (χ2v) is 7.04. The molecular weight excluding hydrogens is 388 g/mol. The van der Waals surface area contributed by atoms with Crippen LogP contribution in [0.25, 0.3) is 0 Å². The van der Waals surface area contributed by atoms with Gasteiger partial charge in [-0.2, -0.15) is 0 Å². The first-order valence-electron chi connectivity index (χ1n) is 9.11. The molecule has 12 heteroatoms. The van der Waals surface area contributed by atoms with Gasteiger partial charge >= 0.3 is 11.9 Å². The largest absolute Gasteiger partial charge is 0.481 e. The van der Waals surface area contributed by atoms with Gasteiger partial charge in [0.1, 0.15) is 18.1 Å². The maximum atomic E-state index is 12.2. The van der Waals surface area contributed by atoms with E-state index in [-0.39, 0.29) is 12.3 Å².